The van der Waals surface area contributed by atoms with Crippen LogP contribution >= 0.6 is 35.7 Å². The molecule has 0 saturated heterocycles. The minimum Gasteiger partial charge on any atom is -0.355 e. The van der Waals surface area contributed by atoms with Gasteiger partial charge in [0, 0.05) is 29.8 Å². The Balaban J connectivity index is 0.00000243. The van der Waals surface area contributed by atoms with E-state index in [0.29, 0.717) is 12.1 Å². The van der Waals surface area contributed by atoms with Crippen LogP contribution in [0.15, 0.2) is 64.5 Å². The minimum atomic E-state index is 0. The second-order valence-corrected chi connectivity index (χ2v) is 7.73. The molecule has 2 aromatic carbocycles. The molecule has 0 amide bonds. The van der Waals surface area contributed by atoms with Gasteiger partial charge in [0.25, 0.3) is 0 Å². The third-order valence-corrected chi connectivity index (χ3v) is 5.72. The first-order valence-corrected chi connectivity index (χ1v) is 9.22. The van der Waals surface area contributed by atoms with Gasteiger partial charge in [-0.3, -0.25) is 4.99 Å². The molecule has 1 aliphatic carbocycles. The molecule has 0 aliphatic heterocycles. The lowest BCUT2D eigenvalue weighted by Crippen LogP contribution is -2.40. The van der Waals surface area contributed by atoms with Gasteiger partial charge in [0.2, 0.25) is 0 Å². The Morgan fingerprint density at radius 1 is 1.12 bits per heavy atom. The zero-order valence-electron chi connectivity index (χ0n) is 14.7. The summed E-state index contributed by atoms with van der Waals surface area (Å²) in [6.45, 7) is 1.59. The van der Waals surface area contributed by atoms with E-state index in [1.54, 1.807) is 7.05 Å². The molecule has 4 nitrogen and oxygen atoms in total. The van der Waals surface area contributed by atoms with E-state index in [-0.39, 0.29) is 28.7 Å². The Morgan fingerprint density at radius 2 is 1.81 bits per heavy atom. The first-order valence-electron chi connectivity index (χ1n) is 8.41. The van der Waals surface area contributed by atoms with Crippen LogP contribution in [0, 0.1) is 11.3 Å². The molecule has 2 N–H and O–H groups in total. The number of nitriles is 1. The van der Waals surface area contributed by atoms with Gasteiger partial charge in [-0.1, -0.05) is 30.3 Å². The molecule has 0 aromatic heterocycles. The molecular formula is C20H23IN4S. The molecule has 0 bridgehead atoms. The van der Waals surface area contributed by atoms with E-state index in [9.17, 15) is 0 Å². The first-order chi connectivity index (χ1) is 12.2. The number of benzene rings is 2. The van der Waals surface area contributed by atoms with Crippen LogP contribution in [-0.4, -0.2) is 24.3 Å². The van der Waals surface area contributed by atoms with Crippen LogP contribution in [0.1, 0.15) is 24.0 Å². The van der Waals surface area contributed by atoms with Crippen LogP contribution in [-0.2, 0) is 6.54 Å². The van der Waals surface area contributed by atoms with Gasteiger partial charge < -0.3 is 10.6 Å². The minimum absolute atomic E-state index is 0. The molecule has 0 spiro atoms. The molecular weight excluding hydrogens is 455 g/mol. The SMILES string of the molecule is CN=C(NCc1ccc(C#N)cc1)NCC1(Sc2ccccc2)CC1.I. The van der Waals surface area contributed by atoms with Gasteiger partial charge in [0.1, 0.15) is 0 Å². The maximum atomic E-state index is 8.85. The average molecular weight is 478 g/mol. The third-order valence-electron chi connectivity index (χ3n) is 4.23. The van der Waals surface area contributed by atoms with Crippen LogP contribution in [0.4, 0.5) is 0 Å². The van der Waals surface area contributed by atoms with Crippen molar-refractivity contribution in [2.24, 2.45) is 4.99 Å². The van der Waals surface area contributed by atoms with Crippen LogP contribution in [0.5, 0.6) is 0 Å². The molecule has 1 saturated carbocycles. The lowest BCUT2D eigenvalue weighted by atomic mass is 10.1. The molecule has 0 heterocycles. The predicted molar refractivity (Wildman–Crippen MR) is 119 cm³/mol. The van der Waals surface area contributed by atoms with E-state index in [4.69, 9.17) is 5.26 Å². The summed E-state index contributed by atoms with van der Waals surface area (Å²) < 4.78 is 0.285. The summed E-state index contributed by atoms with van der Waals surface area (Å²) in [5, 5.41) is 15.6. The fraction of sp³-hybridized carbons (Fsp3) is 0.300. The standard InChI is InChI=1S/C20H22N4S.HI/c1-22-19(23-14-17-9-7-16(13-21)8-10-17)24-15-20(11-12-20)25-18-5-3-2-4-6-18;/h2-10H,11-12,14-15H2,1H3,(H2,22,23,24);1H. The van der Waals surface area contributed by atoms with Crippen molar-refractivity contribution in [2.75, 3.05) is 13.6 Å². The van der Waals surface area contributed by atoms with E-state index in [0.717, 1.165) is 18.1 Å². The van der Waals surface area contributed by atoms with Crippen molar-refractivity contribution in [3.05, 3.63) is 65.7 Å². The highest BCUT2D eigenvalue weighted by atomic mass is 127. The summed E-state index contributed by atoms with van der Waals surface area (Å²) in [5.41, 5.74) is 1.81. The van der Waals surface area contributed by atoms with Crippen molar-refractivity contribution in [2.45, 2.75) is 29.0 Å². The number of halogens is 1. The molecule has 1 fully saturated rings. The van der Waals surface area contributed by atoms with E-state index in [1.807, 2.05) is 36.0 Å². The van der Waals surface area contributed by atoms with Crippen molar-refractivity contribution >= 4 is 41.7 Å². The third kappa shape index (κ3) is 5.92. The number of rotatable bonds is 6. The Morgan fingerprint density at radius 3 is 2.38 bits per heavy atom. The van der Waals surface area contributed by atoms with Gasteiger partial charge in [0.15, 0.2) is 5.96 Å². The topological polar surface area (TPSA) is 60.2 Å². The van der Waals surface area contributed by atoms with Crippen molar-refractivity contribution in [3.63, 3.8) is 0 Å². The van der Waals surface area contributed by atoms with Gasteiger partial charge in [0.05, 0.1) is 11.6 Å². The number of hydrogen-bond donors (Lipinski definition) is 2. The molecule has 26 heavy (non-hydrogen) atoms. The Labute approximate surface area is 176 Å². The number of hydrogen-bond acceptors (Lipinski definition) is 3. The molecule has 3 rings (SSSR count). The largest absolute Gasteiger partial charge is 0.355 e. The molecule has 2 aromatic rings. The van der Waals surface area contributed by atoms with Crippen LogP contribution in [0.3, 0.4) is 0 Å². The molecule has 136 valence electrons. The number of nitrogens with one attached hydrogen (secondary N) is 2. The lowest BCUT2D eigenvalue weighted by Gasteiger charge is -2.18. The first kappa shape index (κ1) is 20.6. The number of aliphatic imine (C=N–C) groups is 1. The molecule has 0 unspecified atom stereocenters. The Bertz CT molecular complexity index is 765. The van der Waals surface area contributed by atoms with Crippen LogP contribution in [0.25, 0.3) is 0 Å². The maximum Gasteiger partial charge on any atom is 0.191 e. The zero-order valence-corrected chi connectivity index (χ0v) is 17.9. The van der Waals surface area contributed by atoms with Crippen LogP contribution < -0.4 is 10.6 Å². The van der Waals surface area contributed by atoms with E-state index in [2.05, 4.69) is 52.0 Å². The summed E-state index contributed by atoms with van der Waals surface area (Å²) in [4.78, 5) is 5.63. The maximum absolute atomic E-state index is 8.85. The Hall–Kier alpha value is -1.72. The van der Waals surface area contributed by atoms with Crippen LogP contribution in [0.2, 0.25) is 0 Å². The highest BCUT2D eigenvalue weighted by Crippen LogP contribution is 2.51. The van der Waals surface area contributed by atoms with Crippen molar-refractivity contribution in [1.82, 2.24) is 10.6 Å². The van der Waals surface area contributed by atoms with Gasteiger partial charge in [-0.2, -0.15) is 5.26 Å². The second-order valence-electron chi connectivity index (χ2n) is 6.19. The van der Waals surface area contributed by atoms with E-state index >= 15 is 0 Å². The lowest BCUT2D eigenvalue weighted by molar-refractivity contribution is 0.766. The number of thioether (sulfide) groups is 1. The fourth-order valence-electron chi connectivity index (χ4n) is 2.54. The summed E-state index contributed by atoms with van der Waals surface area (Å²) >= 11 is 1.95. The van der Waals surface area contributed by atoms with Crippen molar-refractivity contribution < 1.29 is 0 Å². The summed E-state index contributed by atoms with van der Waals surface area (Å²) in [6, 6.07) is 20.3. The monoisotopic (exact) mass is 478 g/mol. The number of nitrogens with zero attached hydrogens (tertiary/aromatic N) is 2. The molecule has 1 aliphatic rings. The smallest absolute Gasteiger partial charge is 0.191 e. The van der Waals surface area contributed by atoms with Gasteiger partial charge in [-0.15, -0.1) is 35.7 Å². The average Bonchev–Trinajstić information content (AvgIpc) is 3.42. The quantitative estimate of drug-likeness (QED) is 0.372. The summed E-state index contributed by atoms with van der Waals surface area (Å²) in [5.74, 6) is 0.810. The van der Waals surface area contributed by atoms with E-state index < -0.39 is 0 Å². The second kappa shape index (κ2) is 9.83. The molecule has 0 atom stereocenters. The Kier molecular flexibility index (Phi) is 7.79. The highest BCUT2D eigenvalue weighted by Gasteiger charge is 2.43. The van der Waals surface area contributed by atoms with Gasteiger partial charge in [-0.25, -0.2) is 0 Å². The van der Waals surface area contributed by atoms with E-state index in [1.165, 1.54) is 17.7 Å². The normalized spacial score (nSPS) is 14.7. The summed E-state index contributed by atoms with van der Waals surface area (Å²) in [7, 11) is 1.79. The van der Waals surface area contributed by atoms with Gasteiger partial charge >= 0.3 is 0 Å². The number of guanidine groups is 1. The fourth-order valence-corrected chi connectivity index (χ4v) is 3.78. The van der Waals surface area contributed by atoms with Crippen molar-refractivity contribution in [3.8, 4) is 6.07 Å². The molecule has 0 radical (unpaired) electrons. The van der Waals surface area contributed by atoms with Crippen molar-refractivity contribution in [1.29, 1.82) is 5.26 Å². The predicted octanol–water partition coefficient (Wildman–Crippen LogP) is 4.17. The molecule has 6 heteroatoms. The summed E-state index contributed by atoms with van der Waals surface area (Å²) in [6.07, 6.45) is 2.46. The zero-order chi connectivity index (χ0) is 17.5. The van der Waals surface area contributed by atoms with Gasteiger partial charge in [-0.05, 0) is 42.7 Å². The highest BCUT2D eigenvalue weighted by molar-refractivity contribution is 14.0.